The van der Waals surface area contributed by atoms with Crippen molar-refractivity contribution in [3.05, 3.63) is 41.8 Å². The van der Waals surface area contributed by atoms with Gasteiger partial charge in [0.1, 0.15) is 17.3 Å². The highest BCUT2D eigenvalue weighted by Crippen LogP contribution is 2.15. The standard InChI is InChI=1S/C10H10FN3/c1-7-6-10(12)13-14(7)9-5-3-2-4-8(9)11/h2-6H,1H3,(H2,12,13). The Hall–Kier alpha value is -1.84. The molecule has 0 unspecified atom stereocenters. The van der Waals surface area contributed by atoms with Crippen LogP contribution < -0.4 is 5.73 Å². The molecule has 72 valence electrons. The summed E-state index contributed by atoms with van der Waals surface area (Å²) in [6.45, 7) is 1.83. The first-order chi connectivity index (χ1) is 6.68. The Morgan fingerprint density at radius 3 is 2.64 bits per heavy atom. The normalized spacial score (nSPS) is 10.4. The number of benzene rings is 1. The fourth-order valence-corrected chi connectivity index (χ4v) is 1.37. The number of halogens is 1. The van der Waals surface area contributed by atoms with Crippen LogP contribution in [0.3, 0.4) is 0 Å². The van der Waals surface area contributed by atoms with Crippen LogP contribution in [0.25, 0.3) is 5.69 Å². The third-order valence-corrected chi connectivity index (χ3v) is 1.99. The van der Waals surface area contributed by atoms with Crippen LogP contribution in [-0.4, -0.2) is 9.78 Å². The molecule has 1 aromatic heterocycles. The van der Waals surface area contributed by atoms with Crippen molar-refractivity contribution in [2.24, 2.45) is 0 Å². The van der Waals surface area contributed by atoms with Crippen LogP contribution in [0.4, 0.5) is 10.2 Å². The molecule has 2 rings (SSSR count). The number of nitrogens with two attached hydrogens (primary N) is 1. The Bertz CT molecular complexity index is 462. The smallest absolute Gasteiger partial charge is 0.148 e. The third kappa shape index (κ3) is 1.35. The van der Waals surface area contributed by atoms with Crippen LogP contribution >= 0.6 is 0 Å². The molecule has 0 bridgehead atoms. The van der Waals surface area contributed by atoms with Crippen molar-refractivity contribution >= 4 is 5.82 Å². The average Bonchev–Trinajstić information content (AvgIpc) is 2.46. The minimum atomic E-state index is -0.307. The Morgan fingerprint density at radius 1 is 1.36 bits per heavy atom. The van der Waals surface area contributed by atoms with Crippen LogP contribution in [0.15, 0.2) is 30.3 Å². The number of nitrogen functional groups attached to an aromatic ring is 1. The maximum absolute atomic E-state index is 13.4. The maximum Gasteiger partial charge on any atom is 0.148 e. The first-order valence-electron chi connectivity index (χ1n) is 4.25. The quantitative estimate of drug-likeness (QED) is 0.748. The first kappa shape index (κ1) is 8.74. The molecule has 14 heavy (non-hydrogen) atoms. The lowest BCUT2D eigenvalue weighted by Crippen LogP contribution is -2.01. The molecule has 4 heteroatoms. The van der Waals surface area contributed by atoms with E-state index >= 15 is 0 Å². The van der Waals surface area contributed by atoms with E-state index in [2.05, 4.69) is 5.10 Å². The van der Waals surface area contributed by atoms with Gasteiger partial charge in [0.15, 0.2) is 0 Å². The van der Waals surface area contributed by atoms with E-state index in [0.29, 0.717) is 11.5 Å². The molecular weight excluding hydrogens is 181 g/mol. The molecule has 0 saturated heterocycles. The lowest BCUT2D eigenvalue weighted by atomic mass is 10.3. The summed E-state index contributed by atoms with van der Waals surface area (Å²) in [7, 11) is 0. The molecular formula is C10H10FN3. The number of aromatic nitrogens is 2. The molecule has 0 aliphatic heterocycles. The largest absolute Gasteiger partial charge is 0.382 e. The van der Waals surface area contributed by atoms with E-state index < -0.39 is 0 Å². The summed E-state index contributed by atoms with van der Waals surface area (Å²) in [6, 6.07) is 8.16. The van der Waals surface area contributed by atoms with E-state index in [4.69, 9.17) is 5.73 Å². The number of hydrogen-bond donors (Lipinski definition) is 1. The van der Waals surface area contributed by atoms with Gasteiger partial charge < -0.3 is 5.73 Å². The zero-order valence-electron chi connectivity index (χ0n) is 7.74. The third-order valence-electron chi connectivity index (χ3n) is 1.99. The van der Waals surface area contributed by atoms with Crippen molar-refractivity contribution < 1.29 is 4.39 Å². The Balaban J connectivity index is 2.60. The van der Waals surface area contributed by atoms with Crippen molar-refractivity contribution in [3.8, 4) is 5.69 Å². The van der Waals surface area contributed by atoms with Gasteiger partial charge in [-0.15, -0.1) is 0 Å². The molecule has 0 radical (unpaired) electrons. The molecule has 2 aromatic rings. The lowest BCUT2D eigenvalue weighted by Gasteiger charge is -2.04. The summed E-state index contributed by atoms with van der Waals surface area (Å²) in [5, 5.41) is 4.00. The predicted molar refractivity (Wildman–Crippen MR) is 52.7 cm³/mol. The second kappa shape index (κ2) is 3.14. The minimum Gasteiger partial charge on any atom is -0.382 e. The Kier molecular flexibility index (Phi) is 1.96. The van der Waals surface area contributed by atoms with Gasteiger partial charge in [-0.25, -0.2) is 9.07 Å². The lowest BCUT2D eigenvalue weighted by molar-refractivity contribution is 0.609. The maximum atomic E-state index is 13.4. The van der Waals surface area contributed by atoms with E-state index in [9.17, 15) is 4.39 Å². The van der Waals surface area contributed by atoms with Crippen LogP contribution in [0.2, 0.25) is 0 Å². The van der Waals surface area contributed by atoms with Crippen LogP contribution in [0.5, 0.6) is 0 Å². The molecule has 1 aromatic carbocycles. The zero-order chi connectivity index (χ0) is 10.1. The van der Waals surface area contributed by atoms with E-state index in [0.717, 1.165) is 5.69 Å². The topological polar surface area (TPSA) is 43.8 Å². The van der Waals surface area contributed by atoms with Crippen molar-refractivity contribution in [3.63, 3.8) is 0 Å². The molecule has 3 nitrogen and oxygen atoms in total. The molecule has 0 fully saturated rings. The Labute approximate surface area is 81.0 Å². The van der Waals surface area contributed by atoms with Gasteiger partial charge in [-0.3, -0.25) is 0 Å². The fraction of sp³-hybridized carbons (Fsp3) is 0.100. The van der Waals surface area contributed by atoms with Gasteiger partial charge in [0.05, 0.1) is 0 Å². The highest BCUT2D eigenvalue weighted by atomic mass is 19.1. The van der Waals surface area contributed by atoms with E-state index in [1.807, 2.05) is 6.92 Å². The summed E-state index contributed by atoms with van der Waals surface area (Å²) < 4.78 is 14.9. The van der Waals surface area contributed by atoms with Crippen LogP contribution in [-0.2, 0) is 0 Å². The monoisotopic (exact) mass is 191 g/mol. The van der Waals surface area contributed by atoms with E-state index in [1.165, 1.54) is 10.7 Å². The van der Waals surface area contributed by atoms with Gasteiger partial charge in [-0.05, 0) is 19.1 Å². The molecule has 0 saturated carbocycles. The van der Waals surface area contributed by atoms with Gasteiger partial charge >= 0.3 is 0 Å². The molecule has 0 aliphatic carbocycles. The van der Waals surface area contributed by atoms with Gasteiger partial charge in [0.25, 0.3) is 0 Å². The number of rotatable bonds is 1. The predicted octanol–water partition coefficient (Wildman–Crippen LogP) is 1.90. The number of aryl methyl sites for hydroxylation is 1. The molecule has 0 spiro atoms. The second-order valence-electron chi connectivity index (χ2n) is 3.07. The number of nitrogens with zero attached hydrogens (tertiary/aromatic N) is 2. The molecule has 0 atom stereocenters. The highest BCUT2D eigenvalue weighted by molar-refractivity contribution is 5.39. The van der Waals surface area contributed by atoms with Gasteiger partial charge in [0, 0.05) is 11.8 Å². The molecule has 2 N–H and O–H groups in total. The first-order valence-corrected chi connectivity index (χ1v) is 4.25. The summed E-state index contributed by atoms with van der Waals surface area (Å²) in [5.74, 6) is 0.0875. The van der Waals surface area contributed by atoms with Crippen molar-refractivity contribution in [2.75, 3.05) is 5.73 Å². The van der Waals surface area contributed by atoms with Crippen molar-refractivity contribution in [1.82, 2.24) is 9.78 Å². The minimum absolute atomic E-state index is 0.307. The fourth-order valence-electron chi connectivity index (χ4n) is 1.37. The summed E-state index contributed by atoms with van der Waals surface area (Å²) in [4.78, 5) is 0. The summed E-state index contributed by atoms with van der Waals surface area (Å²) >= 11 is 0. The number of anilines is 1. The average molecular weight is 191 g/mol. The second-order valence-corrected chi connectivity index (χ2v) is 3.07. The molecule has 0 aliphatic rings. The summed E-state index contributed by atoms with van der Waals surface area (Å²) in [6.07, 6.45) is 0. The van der Waals surface area contributed by atoms with Crippen molar-refractivity contribution in [1.29, 1.82) is 0 Å². The zero-order valence-corrected chi connectivity index (χ0v) is 7.74. The summed E-state index contributed by atoms with van der Waals surface area (Å²) in [5.41, 5.74) is 6.74. The highest BCUT2D eigenvalue weighted by Gasteiger charge is 2.07. The van der Waals surface area contributed by atoms with Crippen LogP contribution in [0, 0.1) is 12.7 Å². The van der Waals surface area contributed by atoms with Gasteiger partial charge in [0.2, 0.25) is 0 Å². The number of hydrogen-bond acceptors (Lipinski definition) is 2. The SMILES string of the molecule is Cc1cc(N)nn1-c1ccccc1F. The van der Waals surface area contributed by atoms with E-state index in [1.54, 1.807) is 24.3 Å². The van der Waals surface area contributed by atoms with Crippen LogP contribution in [0.1, 0.15) is 5.69 Å². The Morgan fingerprint density at radius 2 is 2.07 bits per heavy atom. The van der Waals surface area contributed by atoms with Gasteiger partial charge in [-0.1, -0.05) is 12.1 Å². The number of para-hydroxylation sites is 1. The van der Waals surface area contributed by atoms with E-state index in [-0.39, 0.29) is 5.82 Å². The van der Waals surface area contributed by atoms with Gasteiger partial charge in [-0.2, -0.15) is 5.10 Å². The molecule has 0 amide bonds. The molecule has 1 heterocycles. The van der Waals surface area contributed by atoms with Crippen molar-refractivity contribution in [2.45, 2.75) is 6.92 Å².